The van der Waals surface area contributed by atoms with Crippen molar-refractivity contribution in [2.75, 3.05) is 0 Å². The van der Waals surface area contributed by atoms with Gasteiger partial charge in [0.2, 0.25) is 0 Å². The summed E-state index contributed by atoms with van der Waals surface area (Å²) in [4.78, 5) is 0. The fourth-order valence-electron chi connectivity index (χ4n) is 2.43. The molecule has 0 saturated carbocycles. The summed E-state index contributed by atoms with van der Waals surface area (Å²) >= 11 is 0. The van der Waals surface area contributed by atoms with E-state index < -0.39 is 0 Å². The third kappa shape index (κ3) is 3.01. The van der Waals surface area contributed by atoms with Crippen molar-refractivity contribution >= 4 is 0 Å². The average Bonchev–Trinajstić information content (AvgIpc) is 2.69. The number of hydrogen-bond acceptors (Lipinski definition) is 2. The van der Waals surface area contributed by atoms with Crippen molar-refractivity contribution in [1.82, 2.24) is 9.78 Å². The van der Waals surface area contributed by atoms with Gasteiger partial charge in [0, 0.05) is 24.7 Å². The molecule has 0 aliphatic carbocycles. The maximum absolute atomic E-state index is 13.1. The van der Waals surface area contributed by atoms with E-state index in [1.165, 1.54) is 12.1 Å². The monoisotopic (exact) mass is 261 g/mol. The van der Waals surface area contributed by atoms with Gasteiger partial charge in [0.15, 0.2) is 0 Å². The van der Waals surface area contributed by atoms with Crippen LogP contribution in [0.4, 0.5) is 4.39 Å². The summed E-state index contributed by atoms with van der Waals surface area (Å²) in [5, 5.41) is 4.41. The first-order valence-electron chi connectivity index (χ1n) is 6.56. The summed E-state index contributed by atoms with van der Waals surface area (Å²) in [7, 11) is 0. The molecule has 1 aromatic heterocycles. The molecule has 0 amide bonds. The molecule has 0 bridgehead atoms. The molecule has 0 aliphatic heterocycles. The molecular weight excluding hydrogens is 241 g/mol. The summed E-state index contributed by atoms with van der Waals surface area (Å²) < 4.78 is 15.1. The molecule has 0 radical (unpaired) electrons. The van der Waals surface area contributed by atoms with Gasteiger partial charge in [0.25, 0.3) is 0 Å². The number of aryl methyl sites for hydroxylation is 3. The van der Waals surface area contributed by atoms with Crippen molar-refractivity contribution in [3.8, 4) is 0 Å². The van der Waals surface area contributed by atoms with Crippen LogP contribution >= 0.6 is 0 Å². The van der Waals surface area contributed by atoms with Crippen LogP contribution in [0, 0.1) is 19.7 Å². The molecule has 2 N–H and O–H groups in total. The highest BCUT2D eigenvalue weighted by atomic mass is 19.1. The Hall–Kier alpha value is -1.68. The number of aromatic nitrogens is 2. The van der Waals surface area contributed by atoms with Crippen LogP contribution in [0.1, 0.15) is 35.5 Å². The van der Waals surface area contributed by atoms with Crippen LogP contribution in [0.15, 0.2) is 24.3 Å². The van der Waals surface area contributed by atoms with Crippen LogP contribution < -0.4 is 5.73 Å². The fourth-order valence-corrected chi connectivity index (χ4v) is 2.43. The predicted molar refractivity (Wildman–Crippen MR) is 74.4 cm³/mol. The van der Waals surface area contributed by atoms with E-state index in [-0.39, 0.29) is 11.9 Å². The second-order valence-electron chi connectivity index (χ2n) is 4.90. The summed E-state index contributed by atoms with van der Waals surface area (Å²) in [6.45, 7) is 6.76. The zero-order chi connectivity index (χ0) is 14.0. The van der Waals surface area contributed by atoms with Gasteiger partial charge in [-0.15, -0.1) is 0 Å². The topological polar surface area (TPSA) is 43.8 Å². The van der Waals surface area contributed by atoms with Gasteiger partial charge >= 0.3 is 0 Å². The molecule has 19 heavy (non-hydrogen) atoms. The quantitative estimate of drug-likeness (QED) is 0.919. The zero-order valence-electron chi connectivity index (χ0n) is 11.7. The van der Waals surface area contributed by atoms with Crippen LogP contribution in [-0.4, -0.2) is 9.78 Å². The molecule has 1 atom stereocenters. The van der Waals surface area contributed by atoms with Gasteiger partial charge in [-0.3, -0.25) is 4.68 Å². The molecule has 2 aromatic rings. The van der Waals surface area contributed by atoms with Crippen LogP contribution in [0.25, 0.3) is 0 Å². The van der Waals surface area contributed by atoms with Crippen LogP contribution in [-0.2, 0) is 13.0 Å². The van der Waals surface area contributed by atoms with Crippen molar-refractivity contribution in [3.63, 3.8) is 0 Å². The highest BCUT2D eigenvalue weighted by Gasteiger charge is 2.13. The summed E-state index contributed by atoms with van der Waals surface area (Å²) in [6.07, 6.45) is 0.709. The molecule has 1 heterocycles. The van der Waals surface area contributed by atoms with E-state index in [4.69, 9.17) is 5.73 Å². The lowest BCUT2D eigenvalue weighted by atomic mass is 9.98. The Kier molecular flexibility index (Phi) is 4.00. The van der Waals surface area contributed by atoms with Crippen LogP contribution in [0.3, 0.4) is 0 Å². The molecule has 2 rings (SSSR count). The van der Waals surface area contributed by atoms with Crippen LogP contribution in [0.5, 0.6) is 0 Å². The summed E-state index contributed by atoms with van der Waals surface area (Å²) in [5.74, 6) is -0.220. The van der Waals surface area contributed by atoms with E-state index in [1.807, 2.05) is 18.5 Å². The molecule has 1 aromatic carbocycles. The highest BCUT2D eigenvalue weighted by Crippen LogP contribution is 2.21. The number of rotatable bonds is 4. The first-order chi connectivity index (χ1) is 9.01. The Morgan fingerprint density at radius 2 is 2.05 bits per heavy atom. The molecule has 1 unspecified atom stereocenters. The van der Waals surface area contributed by atoms with E-state index in [0.29, 0.717) is 6.42 Å². The van der Waals surface area contributed by atoms with E-state index >= 15 is 0 Å². The SMILES string of the molecule is CCn1nc(C)cc1CC(N)c1ccc(F)cc1C. The van der Waals surface area contributed by atoms with E-state index in [9.17, 15) is 4.39 Å². The number of benzene rings is 1. The first-order valence-corrected chi connectivity index (χ1v) is 6.56. The number of hydrogen-bond donors (Lipinski definition) is 1. The summed E-state index contributed by atoms with van der Waals surface area (Å²) in [6, 6.07) is 6.68. The molecule has 0 fully saturated rings. The molecule has 102 valence electrons. The fraction of sp³-hybridized carbons (Fsp3) is 0.400. The van der Waals surface area contributed by atoms with Gasteiger partial charge in [0.1, 0.15) is 5.82 Å². The van der Waals surface area contributed by atoms with Gasteiger partial charge in [-0.05, 0) is 50.1 Å². The molecule has 0 spiro atoms. The second-order valence-corrected chi connectivity index (χ2v) is 4.90. The van der Waals surface area contributed by atoms with E-state index in [1.54, 1.807) is 6.07 Å². The van der Waals surface area contributed by atoms with E-state index in [0.717, 1.165) is 29.1 Å². The number of nitrogens with zero attached hydrogens (tertiary/aromatic N) is 2. The third-order valence-corrected chi connectivity index (χ3v) is 3.35. The lowest BCUT2D eigenvalue weighted by molar-refractivity contribution is 0.584. The third-order valence-electron chi connectivity index (χ3n) is 3.35. The first kappa shape index (κ1) is 13.7. The molecule has 0 aliphatic rings. The van der Waals surface area contributed by atoms with Crippen molar-refractivity contribution in [2.45, 2.75) is 39.8 Å². The van der Waals surface area contributed by atoms with Gasteiger partial charge in [-0.2, -0.15) is 5.10 Å². The maximum Gasteiger partial charge on any atom is 0.123 e. The van der Waals surface area contributed by atoms with Gasteiger partial charge in [0.05, 0.1) is 5.69 Å². The minimum absolute atomic E-state index is 0.137. The molecule has 4 heteroatoms. The standard InChI is InChI=1S/C15H20FN3/c1-4-19-13(8-11(3)18-19)9-15(17)14-6-5-12(16)7-10(14)2/h5-8,15H,4,9,17H2,1-3H3. The maximum atomic E-state index is 13.1. The van der Waals surface area contributed by atoms with Crippen molar-refractivity contribution in [3.05, 3.63) is 52.6 Å². The van der Waals surface area contributed by atoms with Gasteiger partial charge in [-0.25, -0.2) is 4.39 Å². The van der Waals surface area contributed by atoms with Gasteiger partial charge < -0.3 is 5.73 Å². The minimum atomic E-state index is -0.220. The van der Waals surface area contributed by atoms with Crippen LogP contribution in [0.2, 0.25) is 0 Å². The molecular formula is C15H20FN3. The molecule has 3 nitrogen and oxygen atoms in total. The van der Waals surface area contributed by atoms with Gasteiger partial charge in [-0.1, -0.05) is 6.07 Å². The Labute approximate surface area is 113 Å². The van der Waals surface area contributed by atoms with Crippen molar-refractivity contribution in [2.24, 2.45) is 5.73 Å². The predicted octanol–water partition coefficient (Wildman–Crippen LogP) is 2.90. The average molecular weight is 261 g/mol. The lowest BCUT2D eigenvalue weighted by Crippen LogP contribution is -2.17. The largest absolute Gasteiger partial charge is 0.324 e. The number of nitrogens with two attached hydrogens (primary N) is 1. The molecule has 0 saturated heterocycles. The zero-order valence-corrected chi connectivity index (χ0v) is 11.7. The Balaban J connectivity index is 2.22. The Morgan fingerprint density at radius 1 is 1.32 bits per heavy atom. The number of halogens is 1. The minimum Gasteiger partial charge on any atom is -0.324 e. The van der Waals surface area contributed by atoms with Crippen molar-refractivity contribution < 1.29 is 4.39 Å². The normalized spacial score (nSPS) is 12.7. The van der Waals surface area contributed by atoms with Crippen molar-refractivity contribution in [1.29, 1.82) is 0 Å². The smallest absolute Gasteiger partial charge is 0.123 e. The summed E-state index contributed by atoms with van der Waals surface area (Å²) in [5.41, 5.74) is 10.3. The lowest BCUT2D eigenvalue weighted by Gasteiger charge is -2.15. The second kappa shape index (κ2) is 5.53. The Bertz CT molecular complexity index is 575. The van der Waals surface area contributed by atoms with E-state index in [2.05, 4.69) is 18.1 Å². The highest BCUT2D eigenvalue weighted by molar-refractivity contribution is 5.30. The Morgan fingerprint density at radius 3 is 2.68 bits per heavy atom.